The molecule has 1 heterocycles. The predicted molar refractivity (Wildman–Crippen MR) is 86.6 cm³/mol. The van der Waals surface area contributed by atoms with Gasteiger partial charge in [0.05, 0.1) is 5.56 Å². The van der Waals surface area contributed by atoms with Crippen LogP contribution in [0.5, 0.6) is 0 Å². The second-order valence-electron chi connectivity index (χ2n) is 4.49. The Bertz CT molecular complexity index is 796. The molecular formula is C16H10FIN2O. The second-order valence-corrected chi connectivity index (χ2v) is 5.74. The Labute approximate surface area is 134 Å². The molecule has 0 aliphatic rings. The van der Waals surface area contributed by atoms with E-state index in [4.69, 9.17) is 0 Å². The molecule has 2 aromatic carbocycles. The average molecular weight is 392 g/mol. The van der Waals surface area contributed by atoms with E-state index in [-0.39, 0.29) is 11.6 Å². The van der Waals surface area contributed by atoms with Crippen LogP contribution in [-0.4, -0.2) is 16.0 Å². The van der Waals surface area contributed by atoms with Crippen LogP contribution in [0.1, 0.15) is 15.9 Å². The van der Waals surface area contributed by atoms with E-state index in [2.05, 4.69) is 32.8 Å². The maximum absolute atomic E-state index is 13.0. The molecule has 1 N–H and O–H groups in total. The number of hydrogen-bond donors (Lipinski definition) is 1. The highest BCUT2D eigenvalue weighted by Crippen LogP contribution is 2.24. The van der Waals surface area contributed by atoms with Crippen LogP contribution in [0.3, 0.4) is 0 Å². The van der Waals surface area contributed by atoms with E-state index in [1.165, 1.54) is 12.1 Å². The molecule has 0 fully saturated rings. The summed E-state index contributed by atoms with van der Waals surface area (Å²) in [5, 5.41) is 6.83. The van der Waals surface area contributed by atoms with Crippen LogP contribution >= 0.6 is 22.6 Å². The average Bonchev–Trinajstić information content (AvgIpc) is 2.96. The van der Waals surface area contributed by atoms with E-state index in [0.717, 1.165) is 3.57 Å². The molecule has 0 unspecified atom stereocenters. The summed E-state index contributed by atoms with van der Waals surface area (Å²) in [5.74, 6) is -0.429. The molecule has 104 valence electrons. The van der Waals surface area contributed by atoms with Crippen molar-refractivity contribution in [1.82, 2.24) is 10.2 Å². The SMILES string of the molecule is O=C(c1cccc(I)c1)c1c[nH]nc1-c1ccc(F)cc1. The number of ketones is 1. The quantitative estimate of drug-likeness (QED) is 0.540. The number of nitrogens with one attached hydrogen (secondary N) is 1. The zero-order valence-corrected chi connectivity index (χ0v) is 13.0. The number of aromatic amines is 1. The lowest BCUT2D eigenvalue weighted by Crippen LogP contribution is -2.02. The van der Waals surface area contributed by atoms with Crippen molar-refractivity contribution < 1.29 is 9.18 Å². The summed E-state index contributed by atoms with van der Waals surface area (Å²) in [7, 11) is 0. The fourth-order valence-electron chi connectivity index (χ4n) is 2.08. The molecule has 3 rings (SSSR count). The first-order valence-electron chi connectivity index (χ1n) is 6.25. The molecular weight excluding hydrogens is 382 g/mol. The van der Waals surface area contributed by atoms with E-state index in [0.29, 0.717) is 22.4 Å². The van der Waals surface area contributed by atoms with Crippen molar-refractivity contribution in [3.05, 3.63) is 75.2 Å². The van der Waals surface area contributed by atoms with Gasteiger partial charge in [-0.1, -0.05) is 12.1 Å². The third kappa shape index (κ3) is 2.87. The van der Waals surface area contributed by atoms with Gasteiger partial charge in [-0.05, 0) is 59.0 Å². The second kappa shape index (κ2) is 5.77. The smallest absolute Gasteiger partial charge is 0.196 e. The van der Waals surface area contributed by atoms with E-state index >= 15 is 0 Å². The van der Waals surface area contributed by atoms with Crippen LogP contribution in [0.25, 0.3) is 11.3 Å². The molecule has 0 saturated heterocycles. The summed E-state index contributed by atoms with van der Waals surface area (Å²) >= 11 is 2.16. The zero-order chi connectivity index (χ0) is 14.8. The fraction of sp³-hybridized carbons (Fsp3) is 0. The number of hydrogen-bond acceptors (Lipinski definition) is 2. The van der Waals surface area contributed by atoms with Crippen molar-refractivity contribution in [2.75, 3.05) is 0 Å². The van der Waals surface area contributed by atoms with Gasteiger partial charge in [0.15, 0.2) is 5.78 Å². The van der Waals surface area contributed by atoms with Gasteiger partial charge >= 0.3 is 0 Å². The predicted octanol–water partition coefficient (Wildman–Crippen LogP) is 4.05. The highest BCUT2D eigenvalue weighted by molar-refractivity contribution is 14.1. The largest absolute Gasteiger partial charge is 0.288 e. The Morgan fingerprint density at radius 2 is 1.90 bits per heavy atom. The minimum absolute atomic E-state index is 0.110. The van der Waals surface area contributed by atoms with Gasteiger partial charge in [-0.15, -0.1) is 0 Å². The van der Waals surface area contributed by atoms with Crippen molar-refractivity contribution in [2.45, 2.75) is 0 Å². The van der Waals surface area contributed by atoms with Crippen molar-refractivity contribution in [3.63, 3.8) is 0 Å². The zero-order valence-electron chi connectivity index (χ0n) is 10.8. The van der Waals surface area contributed by atoms with E-state index in [1.807, 2.05) is 18.2 Å². The summed E-state index contributed by atoms with van der Waals surface area (Å²) in [6.45, 7) is 0. The number of benzene rings is 2. The number of halogens is 2. The van der Waals surface area contributed by atoms with Crippen LogP contribution < -0.4 is 0 Å². The minimum atomic E-state index is -0.320. The maximum atomic E-state index is 13.0. The maximum Gasteiger partial charge on any atom is 0.196 e. The molecule has 0 amide bonds. The van der Waals surface area contributed by atoms with E-state index in [1.54, 1.807) is 24.4 Å². The fourth-order valence-corrected chi connectivity index (χ4v) is 2.62. The van der Waals surface area contributed by atoms with Gasteiger partial charge in [0.1, 0.15) is 11.5 Å². The topological polar surface area (TPSA) is 45.8 Å². The molecule has 0 atom stereocenters. The van der Waals surface area contributed by atoms with Gasteiger partial charge < -0.3 is 0 Å². The van der Waals surface area contributed by atoms with Crippen molar-refractivity contribution in [3.8, 4) is 11.3 Å². The van der Waals surface area contributed by atoms with E-state index < -0.39 is 0 Å². The molecule has 0 radical (unpaired) electrons. The Hall–Kier alpha value is -2.02. The molecule has 3 nitrogen and oxygen atoms in total. The number of aromatic nitrogens is 2. The van der Waals surface area contributed by atoms with Crippen LogP contribution in [0.15, 0.2) is 54.7 Å². The van der Waals surface area contributed by atoms with Gasteiger partial charge in [0.2, 0.25) is 0 Å². The van der Waals surface area contributed by atoms with Gasteiger partial charge in [-0.3, -0.25) is 9.89 Å². The number of H-pyrrole nitrogens is 1. The summed E-state index contributed by atoms with van der Waals surface area (Å²) in [4.78, 5) is 12.6. The summed E-state index contributed by atoms with van der Waals surface area (Å²) < 4.78 is 14.0. The van der Waals surface area contributed by atoms with Gasteiger partial charge in [-0.2, -0.15) is 5.10 Å². The minimum Gasteiger partial charge on any atom is -0.288 e. The van der Waals surface area contributed by atoms with E-state index in [9.17, 15) is 9.18 Å². The van der Waals surface area contributed by atoms with Crippen LogP contribution in [0.4, 0.5) is 4.39 Å². The highest BCUT2D eigenvalue weighted by Gasteiger charge is 2.17. The van der Waals surface area contributed by atoms with Gasteiger partial charge in [0, 0.05) is 20.9 Å². The lowest BCUT2D eigenvalue weighted by Gasteiger charge is -2.03. The summed E-state index contributed by atoms with van der Waals surface area (Å²) in [6.07, 6.45) is 1.57. The molecule has 0 bridgehead atoms. The first-order chi connectivity index (χ1) is 10.1. The Morgan fingerprint density at radius 1 is 1.14 bits per heavy atom. The summed E-state index contributed by atoms with van der Waals surface area (Å²) in [5.41, 5.74) is 2.31. The monoisotopic (exact) mass is 392 g/mol. The molecule has 1 aromatic heterocycles. The first-order valence-corrected chi connectivity index (χ1v) is 7.33. The molecule has 0 saturated carbocycles. The van der Waals surface area contributed by atoms with Crippen molar-refractivity contribution >= 4 is 28.4 Å². The Kier molecular flexibility index (Phi) is 3.83. The molecule has 0 spiro atoms. The molecule has 5 heteroatoms. The summed E-state index contributed by atoms with van der Waals surface area (Å²) in [6, 6.07) is 13.3. The standard InChI is InChI=1S/C16H10FIN2O/c17-12-6-4-10(5-7-12)15-14(9-19-20-15)16(21)11-2-1-3-13(18)8-11/h1-9H,(H,19,20). The first kappa shape index (κ1) is 13.9. The Balaban J connectivity index is 2.03. The highest BCUT2D eigenvalue weighted by atomic mass is 127. The third-order valence-corrected chi connectivity index (χ3v) is 3.76. The Morgan fingerprint density at radius 3 is 2.62 bits per heavy atom. The third-order valence-electron chi connectivity index (χ3n) is 3.09. The molecule has 0 aliphatic heterocycles. The molecule has 0 aliphatic carbocycles. The van der Waals surface area contributed by atoms with Crippen LogP contribution in [0.2, 0.25) is 0 Å². The van der Waals surface area contributed by atoms with Crippen molar-refractivity contribution in [2.24, 2.45) is 0 Å². The molecule has 3 aromatic rings. The van der Waals surface area contributed by atoms with Crippen LogP contribution in [-0.2, 0) is 0 Å². The van der Waals surface area contributed by atoms with Crippen molar-refractivity contribution in [1.29, 1.82) is 0 Å². The lowest BCUT2D eigenvalue weighted by molar-refractivity contribution is 0.103. The normalized spacial score (nSPS) is 10.6. The van der Waals surface area contributed by atoms with Gasteiger partial charge in [0.25, 0.3) is 0 Å². The van der Waals surface area contributed by atoms with Gasteiger partial charge in [-0.25, -0.2) is 4.39 Å². The number of rotatable bonds is 3. The lowest BCUT2D eigenvalue weighted by atomic mass is 10.0. The number of carbonyl (C=O) groups is 1. The van der Waals surface area contributed by atoms with Crippen LogP contribution in [0, 0.1) is 9.39 Å². The number of nitrogens with zero attached hydrogens (tertiary/aromatic N) is 1. The number of carbonyl (C=O) groups excluding carboxylic acids is 1. The molecule has 21 heavy (non-hydrogen) atoms.